The Bertz CT molecular complexity index is 1750. The Kier molecular flexibility index (Phi) is 5.98. The summed E-state index contributed by atoms with van der Waals surface area (Å²) in [7, 11) is 0. The van der Waals surface area contributed by atoms with Crippen LogP contribution in [0.25, 0.3) is 39.1 Å². The van der Waals surface area contributed by atoms with Gasteiger partial charge in [-0.1, -0.05) is 39.0 Å². The molecule has 4 heterocycles. The number of rotatable bonds is 5. The van der Waals surface area contributed by atoms with Crippen molar-refractivity contribution < 1.29 is 13.6 Å². The largest absolute Gasteiger partial charge is 0.472 e. The SMILES string of the molecule is CC(C)(C)CC(=O)Nc1cncc(-c2ccc3[nH]nc(-c4nc5c([nH]4)CC=CC=C5c4ccoc4)c3c2F)c1. The number of furan rings is 1. The van der Waals surface area contributed by atoms with E-state index in [2.05, 4.69) is 25.5 Å². The number of H-pyrrole nitrogens is 2. The van der Waals surface area contributed by atoms with Crippen LogP contribution in [0.4, 0.5) is 10.1 Å². The first-order chi connectivity index (χ1) is 18.8. The fourth-order valence-electron chi connectivity index (χ4n) is 4.78. The predicted octanol–water partition coefficient (Wildman–Crippen LogP) is 6.67. The van der Waals surface area contributed by atoms with Gasteiger partial charge >= 0.3 is 0 Å². The first-order valence-corrected chi connectivity index (χ1v) is 12.7. The molecule has 6 rings (SSSR count). The van der Waals surface area contributed by atoms with Crippen molar-refractivity contribution in [1.82, 2.24) is 25.1 Å². The smallest absolute Gasteiger partial charge is 0.224 e. The Morgan fingerprint density at radius 2 is 2.03 bits per heavy atom. The van der Waals surface area contributed by atoms with Gasteiger partial charge in [0.1, 0.15) is 11.5 Å². The average Bonchev–Trinajstić information content (AvgIpc) is 3.62. The number of aromatic amines is 2. The maximum absolute atomic E-state index is 16.1. The van der Waals surface area contributed by atoms with E-state index < -0.39 is 5.82 Å². The van der Waals surface area contributed by atoms with E-state index >= 15 is 4.39 Å². The zero-order valence-corrected chi connectivity index (χ0v) is 21.8. The summed E-state index contributed by atoms with van der Waals surface area (Å²) in [4.78, 5) is 24.9. The highest BCUT2D eigenvalue weighted by atomic mass is 19.1. The van der Waals surface area contributed by atoms with Crippen LogP contribution in [0, 0.1) is 11.2 Å². The summed E-state index contributed by atoms with van der Waals surface area (Å²) in [5.74, 6) is -0.104. The van der Waals surface area contributed by atoms with E-state index in [1.165, 1.54) is 0 Å². The number of nitrogens with zero attached hydrogens (tertiary/aromatic N) is 3. The van der Waals surface area contributed by atoms with Gasteiger partial charge < -0.3 is 14.7 Å². The number of imidazole rings is 1. The molecule has 0 unspecified atom stereocenters. The molecule has 0 saturated carbocycles. The number of fused-ring (bicyclic) bond motifs is 2. The maximum Gasteiger partial charge on any atom is 0.224 e. The molecule has 1 aromatic carbocycles. The lowest BCUT2D eigenvalue weighted by Crippen LogP contribution is -2.19. The van der Waals surface area contributed by atoms with E-state index in [9.17, 15) is 4.79 Å². The van der Waals surface area contributed by atoms with Gasteiger partial charge in [-0.3, -0.25) is 14.9 Å². The quantitative estimate of drug-likeness (QED) is 0.239. The number of pyridine rings is 1. The van der Waals surface area contributed by atoms with Crippen LogP contribution in [0.1, 0.15) is 44.1 Å². The lowest BCUT2D eigenvalue weighted by molar-refractivity contribution is -0.117. The van der Waals surface area contributed by atoms with Gasteiger partial charge in [-0.2, -0.15) is 5.10 Å². The number of allylic oxidation sites excluding steroid dienone is 3. The van der Waals surface area contributed by atoms with Crippen LogP contribution in [0.2, 0.25) is 0 Å². The average molecular weight is 523 g/mol. The van der Waals surface area contributed by atoms with Gasteiger partial charge in [-0.25, -0.2) is 9.37 Å². The Hall–Kier alpha value is -4.79. The van der Waals surface area contributed by atoms with Crippen LogP contribution in [0.15, 0.2) is 71.8 Å². The summed E-state index contributed by atoms with van der Waals surface area (Å²) in [6, 6.07) is 7.06. The molecule has 0 atom stereocenters. The number of aromatic nitrogens is 5. The van der Waals surface area contributed by atoms with Crippen LogP contribution >= 0.6 is 0 Å². The minimum atomic E-state index is -0.451. The summed E-state index contributed by atoms with van der Waals surface area (Å²) >= 11 is 0. The number of halogens is 1. The zero-order chi connectivity index (χ0) is 27.1. The van der Waals surface area contributed by atoms with Crippen molar-refractivity contribution in [3.63, 3.8) is 0 Å². The van der Waals surface area contributed by atoms with Gasteiger partial charge in [0.15, 0.2) is 5.82 Å². The highest BCUT2D eigenvalue weighted by molar-refractivity contribution is 5.96. The van der Waals surface area contributed by atoms with Gasteiger partial charge in [0.2, 0.25) is 5.91 Å². The molecule has 0 fully saturated rings. The molecule has 9 heteroatoms. The fourth-order valence-corrected chi connectivity index (χ4v) is 4.78. The molecule has 3 N–H and O–H groups in total. The molecule has 0 spiro atoms. The number of benzene rings is 1. The number of carbonyl (C=O) groups is 1. The summed E-state index contributed by atoms with van der Waals surface area (Å²) in [5.41, 5.74) is 5.67. The van der Waals surface area contributed by atoms with Gasteiger partial charge in [0.05, 0.1) is 41.0 Å². The Morgan fingerprint density at radius 3 is 2.82 bits per heavy atom. The van der Waals surface area contributed by atoms with E-state index in [1.54, 1.807) is 43.1 Å². The van der Waals surface area contributed by atoms with Crippen LogP contribution in [0.3, 0.4) is 0 Å². The first-order valence-electron chi connectivity index (χ1n) is 12.7. The van der Waals surface area contributed by atoms with Gasteiger partial charge in [-0.15, -0.1) is 0 Å². The molecule has 39 heavy (non-hydrogen) atoms. The van der Waals surface area contributed by atoms with Crippen LogP contribution in [-0.4, -0.2) is 31.1 Å². The second-order valence-electron chi connectivity index (χ2n) is 10.8. The predicted molar refractivity (Wildman–Crippen MR) is 148 cm³/mol. The highest BCUT2D eigenvalue weighted by Gasteiger charge is 2.23. The third kappa shape index (κ3) is 4.79. The topological polar surface area (TPSA) is 112 Å². The van der Waals surface area contributed by atoms with E-state index in [0.29, 0.717) is 52.1 Å². The Morgan fingerprint density at radius 1 is 1.15 bits per heavy atom. The molecule has 1 aliphatic rings. The van der Waals surface area contributed by atoms with Crippen LogP contribution in [0.5, 0.6) is 0 Å². The summed E-state index contributed by atoms with van der Waals surface area (Å²) < 4.78 is 21.4. The fraction of sp³-hybridized carbons (Fsp3) is 0.200. The summed E-state index contributed by atoms with van der Waals surface area (Å²) in [6.07, 6.45) is 13.4. The standard InChI is InChI=1S/C30H27FN6O2/c1-30(2,3)13-24(38)33-19-12-18(14-32-15-19)20-8-9-22-25(26(20)31)28(37-36-22)29-34-23-7-5-4-6-21(27(23)35-29)17-10-11-39-16-17/h4-6,8-12,14-16H,7,13H2,1-3H3,(H,33,38)(H,34,35)(H,36,37). The summed E-state index contributed by atoms with van der Waals surface area (Å²) in [5, 5.41) is 10.5. The van der Waals surface area contributed by atoms with Gasteiger partial charge in [-0.05, 0) is 29.7 Å². The number of amides is 1. The third-order valence-electron chi connectivity index (χ3n) is 6.50. The molecular weight excluding hydrogens is 495 g/mol. The van der Waals surface area contributed by atoms with E-state index in [0.717, 1.165) is 22.5 Å². The van der Waals surface area contributed by atoms with E-state index in [4.69, 9.17) is 9.40 Å². The zero-order valence-electron chi connectivity index (χ0n) is 21.8. The highest BCUT2D eigenvalue weighted by Crippen LogP contribution is 2.36. The molecule has 1 amide bonds. The van der Waals surface area contributed by atoms with E-state index in [-0.39, 0.29) is 11.3 Å². The molecule has 0 saturated heterocycles. The molecule has 1 aliphatic carbocycles. The molecule has 0 radical (unpaired) electrons. The Labute approximate surface area is 224 Å². The first kappa shape index (κ1) is 24.5. The lowest BCUT2D eigenvalue weighted by atomic mass is 9.92. The molecule has 8 nitrogen and oxygen atoms in total. The van der Waals surface area contributed by atoms with Crippen molar-refractivity contribution in [2.75, 3.05) is 5.32 Å². The molecule has 5 aromatic rings. The molecule has 0 bridgehead atoms. The van der Waals surface area contributed by atoms with Crippen molar-refractivity contribution >= 4 is 28.1 Å². The number of anilines is 1. The molecule has 4 aromatic heterocycles. The van der Waals surface area contributed by atoms with Crippen molar-refractivity contribution in [3.8, 4) is 22.6 Å². The number of nitrogens with one attached hydrogen (secondary N) is 3. The van der Waals surface area contributed by atoms with E-state index in [1.807, 2.05) is 45.1 Å². The summed E-state index contributed by atoms with van der Waals surface area (Å²) in [6.45, 7) is 5.99. The third-order valence-corrected chi connectivity index (χ3v) is 6.50. The van der Waals surface area contributed by atoms with Crippen LogP contribution in [-0.2, 0) is 11.2 Å². The molecular formula is C30H27FN6O2. The van der Waals surface area contributed by atoms with Crippen molar-refractivity contribution in [2.45, 2.75) is 33.6 Å². The van der Waals surface area contributed by atoms with Crippen molar-refractivity contribution in [3.05, 3.63) is 90.2 Å². The van der Waals surface area contributed by atoms with Gasteiger partial charge in [0.25, 0.3) is 0 Å². The van der Waals surface area contributed by atoms with Gasteiger partial charge in [0, 0.05) is 47.0 Å². The lowest BCUT2D eigenvalue weighted by Gasteiger charge is -2.17. The number of hydrogen-bond donors (Lipinski definition) is 3. The van der Waals surface area contributed by atoms with Crippen molar-refractivity contribution in [1.29, 1.82) is 0 Å². The minimum absolute atomic E-state index is 0.120. The number of hydrogen-bond acceptors (Lipinski definition) is 5. The second kappa shape index (κ2) is 9.50. The maximum atomic E-state index is 16.1. The number of carbonyl (C=O) groups excluding carboxylic acids is 1. The minimum Gasteiger partial charge on any atom is -0.472 e. The normalized spacial score (nSPS) is 13.3. The Balaban J connectivity index is 1.38. The monoisotopic (exact) mass is 522 g/mol. The second-order valence-corrected chi connectivity index (χ2v) is 10.8. The molecule has 196 valence electrons. The van der Waals surface area contributed by atoms with Crippen LogP contribution < -0.4 is 5.32 Å². The van der Waals surface area contributed by atoms with Crippen molar-refractivity contribution in [2.24, 2.45) is 5.41 Å². The molecule has 0 aliphatic heterocycles.